The van der Waals surface area contributed by atoms with Gasteiger partial charge in [0.25, 0.3) is 0 Å². The maximum absolute atomic E-state index is 14.7. The smallest absolute Gasteiger partial charge is 0.240 e. The molecule has 4 rings (SSSR count). The second-order valence-electron chi connectivity index (χ2n) is 9.40. The number of ether oxygens (including phenoxy) is 1. The molecule has 0 aliphatic heterocycles. The normalized spacial score (nSPS) is 14.8. The van der Waals surface area contributed by atoms with E-state index in [0.717, 1.165) is 35.3 Å². The summed E-state index contributed by atoms with van der Waals surface area (Å²) in [7, 11) is 1.63. The Balaban J connectivity index is 1.85. The van der Waals surface area contributed by atoms with Crippen LogP contribution >= 0.6 is 0 Å². The average Bonchev–Trinajstić information content (AvgIpc) is 3.75. The molecular formula is C30H35N3O3. The van der Waals surface area contributed by atoms with Crippen molar-refractivity contribution in [2.75, 3.05) is 13.7 Å². The first-order valence-corrected chi connectivity index (χ1v) is 12.6. The van der Waals surface area contributed by atoms with Crippen molar-refractivity contribution in [3.05, 3.63) is 102 Å². The van der Waals surface area contributed by atoms with Gasteiger partial charge in [0.2, 0.25) is 11.8 Å². The fourth-order valence-corrected chi connectivity index (χ4v) is 5.00. The minimum Gasteiger partial charge on any atom is -0.497 e. The van der Waals surface area contributed by atoms with E-state index < -0.39 is 17.9 Å². The van der Waals surface area contributed by atoms with E-state index in [1.807, 2.05) is 84.9 Å². The zero-order chi connectivity index (χ0) is 25.5. The maximum Gasteiger partial charge on any atom is 0.240 e. The standard InChI is InChI=1S/C30H35N3O3/c1-36-25-18-16-24(17-19-25)28(23-14-15-23)33(26(29(32)34)13-8-20-31)30(35)27(21-9-4-2-5-10-21)22-11-6-3-7-12-22/h2-7,9-12,16-19,23,26-28H,8,13-15,20,31H2,1H3,(H2,32,34)/t26-,28-/m1/s1. The number of primary amides is 1. The first kappa shape index (κ1) is 25.5. The van der Waals surface area contributed by atoms with Gasteiger partial charge in [-0.15, -0.1) is 0 Å². The van der Waals surface area contributed by atoms with E-state index in [4.69, 9.17) is 16.2 Å². The highest BCUT2D eigenvalue weighted by Gasteiger charge is 2.45. The van der Waals surface area contributed by atoms with Gasteiger partial charge in [-0.2, -0.15) is 0 Å². The Hall–Kier alpha value is -3.64. The minimum absolute atomic E-state index is 0.124. The first-order valence-electron chi connectivity index (χ1n) is 12.6. The topological polar surface area (TPSA) is 98.7 Å². The van der Waals surface area contributed by atoms with Crippen LogP contribution in [0.25, 0.3) is 0 Å². The lowest BCUT2D eigenvalue weighted by molar-refractivity contribution is -0.144. The summed E-state index contributed by atoms with van der Waals surface area (Å²) in [5.41, 5.74) is 14.5. The fourth-order valence-electron chi connectivity index (χ4n) is 5.00. The van der Waals surface area contributed by atoms with Crippen molar-refractivity contribution >= 4 is 11.8 Å². The lowest BCUT2D eigenvalue weighted by atomic mass is 9.87. The van der Waals surface area contributed by atoms with E-state index in [1.165, 1.54) is 0 Å². The molecule has 1 aliphatic carbocycles. The van der Waals surface area contributed by atoms with Crippen molar-refractivity contribution in [1.82, 2.24) is 4.90 Å². The van der Waals surface area contributed by atoms with Crippen LogP contribution in [0.2, 0.25) is 0 Å². The number of nitrogens with zero attached hydrogens (tertiary/aromatic N) is 1. The maximum atomic E-state index is 14.7. The average molecular weight is 486 g/mol. The summed E-state index contributed by atoms with van der Waals surface area (Å²) in [4.78, 5) is 29.4. The van der Waals surface area contributed by atoms with Gasteiger partial charge in [0.05, 0.1) is 19.1 Å². The van der Waals surface area contributed by atoms with Crippen LogP contribution in [0.1, 0.15) is 54.3 Å². The van der Waals surface area contributed by atoms with E-state index in [0.29, 0.717) is 19.4 Å². The van der Waals surface area contributed by atoms with E-state index >= 15 is 0 Å². The largest absolute Gasteiger partial charge is 0.497 e. The van der Waals surface area contributed by atoms with Crippen LogP contribution in [0, 0.1) is 5.92 Å². The fraction of sp³-hybridized carbons (Fsp3) is 0.333. The lowest BCUT2D eigenvalue weighted by Crippen LogP contribution is -2.52. The molecule has 6 heteroatoms. The Morgan fingerprint density at radius 2 is 1.44 bits per heavy atom. The van der Waals surface area contributed by atoms with Crippen LogP contribution in [-0.2, 0) is 9.59 Å². The zero-order valence-corrected chi connectivity index (χ0v) is 20.8. The molecule has 1 aliphatic rings. The molecule has 0 spiro atoms. The predicted molar refractivity (Wildman–Crippen MR) is 141 cm³/mol. The molecule has 6 nitrogen and oxygen atoms in total. The van der Waals surface area contributed by atoms with Crippen LogP contribution in [-0.4, -0.2) is 36.4 Å². The van der Waals surface area contributed by atoms with Crippen molar-refractivity contribution < 1.29 is 14.3 Å². The Kier molecular flexibility index (Phi) is 8.39. The molecule has 3 aromatic rings. The van der Waals surface area contributed by atoms with Gasteiger partial charge >= 0.3 is 0 Å². The van der Waals surface area contributed by atoms with Gasteiger partial charge in [-0.25, -0.2) is 0 Å². The number of hydrogen-bond acceptors (Lipinski definition) is 4. The van der Waals surface area contributed by atoms with Gasteiger partial charge in [-0.05, 0) is 67.0 Å². The molecule has 188 valence electrons. The van der Waals surface area contributed by atoms with Gasteiger partial charge in [-0.1, -0.05) is 72.8 Å². The number of nitrogens with two attached hydrogens (primary N) is 2. The van der Waals surface area contributed by atoms with Crippen LogP contribution in [0.15, 0.2) is 84.9 Å². The molecule has 2 atom stereocenters. The molecule has 4 N–H and O–H groups in total. The molecule has 0 saturated heterocycles. The third kappa shape index (κ3) is 5.77. The number of hydrogen-bond donors (Lipinski definition) is 2. The van der Waals surface area contributed by atoms with Gasteiger partial charge in [-0.3, -0.25) is 9.59 Å². The number of carbonyl (C=O) groups excluding carboxylic acids is 2. The molecule has 1 fully saturated rings. The molecular weight excluding hydrogens is 450 g/mol. The SMILES string of the molecule is COc1ccc([C@@H](C2CC2)N(C(=O)C(c2ccccc2)c2ccccc2)[C@H](CCCN)C(N)=O)cc1. The molecule has 36 heavy (non-hydrogen) atoms. The van der Waals surface area contributed by atoms with Gasteiger partial charge in [0, 0.05) is 0 Å². The van der Waals surface area contributed by atoms with Gasteiger partial charge in [0.15, 0.2) is 0 Å². The Bertz CT molecular complexity index is 1090. The second kappa shape index (κ2) is 11.9. The highest BCUT2D eigenvalue weighted by molar-refractivity contribution is 5.92. The minimum atomic E-state index is -0.760. The van der Waals surface area contributed by atoms with Crippen molar-refractivity contribution in [1.29, 1.82) is 0 Å². The van der Waals surface area contributed by atoms with E-state index in [2.05, 4.69) is 0 Å². The first-order chi connectivity index (χ1) is 17.5. The third-order valence-electron chi connectivity index (χ3n) is 6.94. The Morgan fingerprint density at radius 3 is 1.89 bits per heavy atom. The molecule has 0 radical (unpaired) electrons. The summed E-state index contributed by atoms with van der Waals surface area (Å²) >= 11 is 0. The lowest BCUT2D eigenvalue weighted by Gasteiger charge is -2.40. The number of amides is 2. The summed E-state index contributed by atoms with van der Waals surface area (Å²) < 4.78 is 5.36. The van der Waals surface area contributed by atoms with Crippen LogP contribution in [0.4, 0.5) is 0 Å². The quantitative estimate of drug-likeness (QED) is 0.397. The second-order valence-corrected chi connectivity index (χ2v) is 9.40. The van der Waals surface area contributed by atoms with E-state index in [9.17, 15) is 9.59 Å². The summed E-state index contributed by atoms with van der Waals surface area (Å²) in [6.07, 6.45) is 3.00. The van der Waals surface area contributed by atoms with Crippen LogP contribution in [0.3, 0.4) is 0 Å². The monoisotopic (exact) mass is 485 g/mol. The third-order valence-corrected chi connectivity index (χ3v) is 6.94. The molecule has 0 unspecified atom stereocenters. The van der Waals surface area contributed by atoms with Crippen molar-refractivity contribution in [2.24, 2.45) is 17.4 Å². The van der Waals surface area contributed by atoms with Gasteiger partial charge in [0.1, 0.15) is 11.8 Å². The number of benzene rings is 3. The molecule has 0 aromatic heterocycles. The molecule has 0 heterocycles. The summed E-state index contributed by atoms with van der Waals surface area (Å²) in [6.45, 7) is 0.420. The number of rotatable bonds is 12. The van der Waals surface area contributed by atoms with E-state index in [1.54, 1.807) is 12.0 Å². The summed E-state index contributed by atoms with van der Waals surface area (Å²) in [6, 6.07) is 26.2. The molecule has 1 saturated carbocycles. The number of carbonyl (C=O) groups is 2. The summed E-state index contributed by atoms with van der Waals surface area (Å²) in [5, 5.41) is 0. The molecule has 2 amide bonds. The zero-order valence-electron chi connectivity index (χ0n) is 20.8. The van der Waals surface area contributed by atoms with Gasteiger partial charge < -0.3 is 21.1 Å². The Labute approximate surface area is 213 Å². The Morgan fingerprint density at radius 1 is 0.889 bits per heavy atom. The molecule has 0 bridgehead atoms. The highest BCUT2D eigenvalue weighted by Crippen LogP contribution is 2.47. The predicted octanol–water partition coefficient (Wildman–Crippen LogP) is 4.40. The summed E-state index contributed by atoms with van der Waals surface area (Å²) in [5.74, 6) is -0.190. The molecule has 3 aromatic carbocycles. The van der Waals surface area contributed by atoms with Crippen LogP contribution < -0.4 is 16.2 Å². The van der Waals surface area contributed by atoms with Crippen molar-refractivity contribution in [2.45, 2.75) is 43.7 Å². The van der Waals surface area contributed by atoms with Crippen LogP contribution in [0.5, 0.6) is 5.75 Å². The van der Waals surface area contributed by atoms with E-state index in [-0.39, 0.29) is 17.9 Å². The highest BCUT2D eigenvalue weighted by atomic mass is 16.5. The number of methoxy groups -OCH3 is 1. The van der Waals surface area contributed by atoms with Crippen molar-refractivity contribution in [3.8, 4) is 5.75 Å². The van der Waals surface area contributed by atoms with Crippen molar-refractivity contribution in [3.63, 3.8) is 0 Å².